The molecule has 1 N–H and O–H groups in total. The number of carbonyl (C=O) groups is 1. The number of unbranched alkanes of at least 4 members (excludes halogenated alkanes) is 4. The monoisotopic (exact) mass is 477 g/mol. The molecule has 1 unspecified atom stereocenters. The van der Waals surface area contributed by atoms with E-state index in [4.69, 9.17) is 9.47 Å². The highest BCUT2D eigenvalue weighted by atomic mass is 16.5. The molecule has 1 aromatic carbocycles. The molecule has 1 aromatic heterocycles. The van der Waals surface area contributed by atoms with Crippen molar-refractivity contribution in [1.29, 1.82) is 0 Å². The molecule has 0 bridgehead atoms. The normalized spacial score (nSPS) is 20.1. The number of methoxy groups -OCH3 is 2. The summed E-state index contributed by atoms with van der Waals surface area (Å²) in [5.74, 6) is 0.510. The molecular formula is C30H39NO4. The van der Waals surface area contributed by atoms with Crippen LogP contribution >= 0.6 is 0 Å². The number of benzene rings is 1. The van der Waals surface area contributed by atoms with Crippen molar-refractivity contribution in [2.24, 2.45) is 0 Å². The number of ether oxygens (including phenoxy) is 2. The second kappa shape index (κ2) is 12.5. The molecule has 5 nitrogen and oxygen atoms in total. The molecule has 0 spiro atoms. The Labute approximate surface area is 209 Å². The summed E-state index contributed by atoms with van der Waals surface area (Å²) in [5, 5.41) is 11.2. The van der Waals surface area contributed by atoms with Crippen LogP contribution in [0.2, 0.25) is 0 Å². The smallest absolute Gasteiger partial charge is 0.333 e. The molecule has 5 heteroatoms. The lowest BCUT2D eigenvalue weighted by Crippen LogP contribution is -2.13. The highest BCUT2D eigenvalue weighted by Gasteiger charge is 2.23. The highest BCUT2D eigenvalue weighted by molar-refractivity contribution is 5.90. The number of rotatable bonds is 10. The first-order valence-corrected chi connectivity index (χ1v) is 12.6. The number of aliphatic carboxylic acids is 1. The zero-order valence-corrected chi connectivity index (χ0v) is 21.6. The first-order chi connectivity index (χ1) is 16.9. The summed E-state index contributed by atoms with van der Waals surface area (Å²) >= 11 is 0. The van der Waals surface area contributed by atoms with Gasteiger partial charge in [0.15, 0.2) is 0 Å². The Kier molecular flexibility index (Phi) is 9.41. The van der Waals surface area contributed by atoms with Gasteiger partial charge in [0.1, 0.15) is 11.5 Å². The standard InChI is InChI=1S/C30H39NO4/c1-6-7-8-9-10-14-27-26-18-16-23(22(3)34-4)19-28(26)31-20-24(30(32)33)12-11-13-25(35-5)17-15-21(2)29(27)31/h12-13,15-19,21H,3,6-11,14,20H2,1-2,4-5H3,(H,32,33)/b17-15-,24-12+,25-13+. The summed E-state index contributed by atoms with van der Waals surface area (Å²) in [6.45, 7) is 8.73. The fourth-order valence-electron chi connectivity index (χ4n) is 4.85. The number of carboxylic acid groups (broad SMARTS) is 1. The minimum Gasteiger partial charge on any atom is -0.497 e. The highest BCUT2D eigenvalue weighted by Crippen LogP contribution is 2.36. The van der Waals surface area contributed by atoms with Crippen molar-refractivity contribution in [1.82, 2.24) is 4.57 Å². The van der Waals surface area contributed by atoms with Crippen LogP contribution in [0.1, 0.15) is 75.1 Å². The number of fused-ring (bicyclic) bond motifs is 3. The van der Waals surface area contributed by atoms with Gasteiger partial charge in [-0.25, -0.2) is 4.79 Å². The van der Waals surface area contributed by atoms with E-state index in [0.29, 0.717) is 24.3 Å². The van der Waals surface area contributed by atoms with Crippen molar-refractivity contribution in [3.05, 3.63) is 77.2 Å². The number of allylic oxidation sites excluding steroid dienone is 4. The summed E-state index contributed by atoms with van der Waals surface area (Å²) in [7, 11) is 3.26. The van der Waals surface area contributed by atoms with Gasteiger partial charge in [-0.2, -0.15) is 0 Å². The maximum Gasteiger partial charge on any atom is 0.333 e. The van der Waals surface area contributed by atoms with E-state index in [9.17, 15) is 9.90 Å². The minimum atomic E-state index is -0.899. The molecule has 0 saturated carbocycles. The van der Waals surface area contributed by atoms with Gasteiger partial charge in [-0.1, -0.05) is 70.4 Å². The summed E-state index contributed by atoms with van der Waals surface area (Å²) < 4.78 is 13.1. The maximum absolute atomic E-state index is 12.2. The molecule has 0 amide bonds. The Morgan fingerprint density at radius 1 is 1.17 bits per heavy atom. The van der Waals surface area contributed by atoms with E-state index in [2.05, 4.69) is 43.2 Å². The van der Waals surface area contributed by atoms with E-state index >= 15 is 0 Å². The molecule has 0 saturated heterocycles. The van der Waals surface area contributed by atoms with Gasteiger partial charge in [0, 0.05) is 28.1 Å². The number of aryl methyl sites for hydroxylation is 1. The maximum atomic E-state index is 12.2. The average molecular weight is 478 g/mol. The lowest BCUT2D eigenvalue weighted by Gasteiger charge is -2.17. The first kappa shape index (κ1) is 26.4. The first-order valence-electron chi connectivity index (χ1n) is 12.6. The van der Waals surface area contributed by atoms with E-state index < -0.39 is 5.97 Å². The van der Waals surface area contributed by atoms with Crippen LogP contribution < -0.4 is 0 Å². The lowest BCUT2D eigenvalue weighted by molar-refractivity contribution is -0.132. The second-order valence-corrected chi connectivity index (χ2v) is 9.20. The van der Waals surface area contributed by atoms with Crippen molar-refractivity contribution in [2.45, 2.75) is 71.3 Å². The Balaban J connectivity index is 2.22. The Morgan fingerprint density at radius 3 is 2.63 bits per heavy atom. The van der Waals surface area contributed by atoms with E-state index in [1.54, 1.807) is 20.3 Å². The molecule has 2 heterocycles. The number of hydrogen-bond donors (Lipinski definition) is 1. The molecule has 35 heavy (non-hydrogen) atoms. The van der Waals surface area contributed by atoms with Gasteiger partial charge in [0.05, 0.1) is 26.3 Å². The molecule has 0 fully saturated rings. The van der Waals surface area contributed by atoms with E-state index in [1.165, 1.54) is 36.6 Å². The summed E-state index contributed by atoms with van der Waals surface area (Å²) in [5.41, 5.74) is 4.75. The van der Waals surface area contributed by atoms with E-state index in [1.807, 2.05) is 18.2 Å². The molecule has 1 aliphatic heterocycles. The predicted molar refractivity (Wildman–Crippen MR) is 143 cm³/mol. The van der Waals surface area contributed by atoms with Crippen molar-refractivity contribution >= 4 is 22.6 Å². The summed E-state index contributed by atoms with van der Waals surface area (Å²) in [6, 6.07) is 6.27. The number of hydrogen-bond acceptors (Lipinski definition) is 3. The van der Waals surface area contributed by atoms with Crippen molar-refractivity contribution < 1.29 is 19.4 Å². The van der Waals surface area contributed by atoms with Crippen LogP contribution in [0.15, 0.2) is 60.4 Å². The van der Waals surface area contributed by atoms with Crippen LogP contribution in [0.25, 0.3) is 16.7 Å². The van der Waals surface area contributed by atoms with E-state index in [-0.39, 0.29) is 5.92 Å². The third-order valence-electron chi connectivity index (χ3n) is 6.81. The SMILES string of the molecule is C=C(OC)c1ccc2c(CCCCCCC)c3n(c2c1)C/C(C(=O)O)=C\C/C=C(OC)\C=C/C3C. The number of carboxylic acids is 1. The van der Waals surface area contributed by atoms with Crippen LogP contribution in [0.4, 0.5) is 0 Å². The largest absolute Gasteiger partial charge is 0.497 e. The zero-order chi connectivity index (χ0) is 25.4. The van der Waals surface area contributed by atoms with Crippen molar-refractivity contribution in [2.75, 3.05) is 14.2 Å². The molecule has 1 aliphatic rings. The van der Waals surface area contributed by atoms with Gasteiger partial charge >= 0.3 is 5.97 Å². The molecule has 2 aromatic rings. The fourth-order valence-corrected chi connectivity index (χ4v) is 4.85. The molecule has 188 valence electrons. The number of nitrogens with zero attached hydrogens (tertiary/aromatic N) is 1. The molecular weight excluding hydrogens is 438 g/mol. The second-order valence-electron chi connectivity index (χ2n) is 9.20. The third-order valence-corrected chi connectivity index (χ3v) is 6.81. The Hall–Kier alpha value is -3.21. The minimum absolute atomic E-state index is 0.0776. The van der Waals surface area contributed by atoms with Crippen molar-refractivity contribution in [3.63, 3.8) is 0 Å². The molecule has 3 rings (SSSR count). The zero-order valence-electron chi connectivity index (χ0n) is 21.6. The Morgan fingerprint density at radius 2 is 1.94 bits per heavy atom. The molecule has 1 atom stereocenters. The topological polar surface area (TPSA) is 60.7 Å². The van der Waals surface area contributed by atoms with Gasteiger partial charge in [-0.3, -0.25) is 0 Å². The van der Waals surface area contributed by atoms with Crippen LogP contribution in [0.5, 0.6) is 0 Å². The third kappa shape index (κ3) is 6.27. The van der Waals surface area contributed by atoms with Crippen LogP contribution in [0, 0.1) is 0 Å². The van der Waals surface area contributed by atoms with Crippen molar-refractivity contribution in [3.8, 4) is 0 Å². The van der Waals surface area contributed by atoms with Gasteiger partial charge in [-0.05, 0) is 43.0 Å². The van der Waals surface area contributed by atoms with Gasteiger partial charge in [0.25, 0.3) is 0 Å². The Bertz CT molecular complexity index is 1150. The lowest BCUT2D eigenvalue weighted by atomic mass is 9.96. The van der Waals surface area contributed by atoms with Gasteiger partial charge in [0.2, 0.25) is 0 Å². The van der Waals surface area contributed by atoms with Gasteiger partial charge in [-0.15, -0.1) is 0 Å². The quantitative estimate of drug-likeness (QED) is 0.286. The summed E-state index contributed by atoms with van der Waals surface area (Å²) in [6.07, 6.45) is 15.3. The predicted octanol–water partition coefficient (Wildman–Crippen LogP) is 7.38. The average Bonchev–Trinajstić information content (AvgIpc) is 3.14. The van der Waals surface area contributed by atoms with Crippen LogP contribution in [-0.4, -0.2) is 29.9 Å². The summed E-state index contributed by atoms with van der Waals surface area (Å²) in [4.78, 5) is 12.2. The van der Waals surface area contributed by atoms with Crippen LogP contribution in [0.3, 0.4) is 0 Å². The number of aromatic nitrogens is 1. The fraction of sp³-hybridized carbons (Fsp3) is 0.433. The van der Waals surface area contributed by atoms with E-state index in [0.717, 1.165) is 35.4 Å². The van der Waals surface area contributed by atoms with Gasteiger partial charge < -0.3 is 19.1 Å². The molecule has 0 radical (unpaired) electrons. The molecule has 0 aliphatic carbocycles. The van der Waals surface area contributed by atoms with Crippen LogP contribution in [-0.2, 0) is 27.2 Å².